The fourth-order valence-corrected chi connectivity index (χ4v) is 3.26. The topological polar surface area (TPSA) is 26.3 Å². The first-order chi connectivity index (χ1) is 11.2. The maximum atomic E-state index is 12.0. The van der Waals surface area contributed by atoms with Crippen molar-refractivity contribution in [1.29, 1.82) is 0 Å². The summed E-state index contributed by atoms with van der Waals surface area (Å²) in [5.41, 5.74) is 4.18. The van der Waals surface area contributed by atoms with Crippen LogP contribution in [0.1, 0.15) is 21.5 Å². The van der Waals surface area contributed by atoms with E-state index in [0.717, 1.165) is 16.7 Å². The molecule has 112 valence electrons. The largest absolute Gasteiger partial charge is 0.431 e. The molecular weight excluding hydrogens is 308 g/mol. The predicted octanol–water partition coefficient (Wildman–Crippen LogP) is 4.96. The van der Waals surface area contributed by atoms with Gasteiger partial charge in [-0.05, 0) is 17.2 Å². The minimum atomic E-state index is -1.25. The first kappa shape index (κ1) is 14.0. The summed E-state index contributed by atoms with van der Waals surface area (Å²) in [7, 11) is 0. The molecule has 0 radical (unpaired) electrons. The summed E-state index contributed by atoms with van der Waals surface area (Å²) in [6.45, 7) is 0. The highest BCUT2D eigenvalue weighted by Gasteiger charge is 2.45. The van der Waals surface area contributed by atoms with E-state index in [1.54, 1.807) is 12.1 Å². The van der Waals surface area contributed by atoms with Crippen molar-refractivity contribution >= 4 is 17.6 Å². The quantitative estimate of drug-likeness (QED) is 0.492. The van der Waals surface area contributed by atoms with Crippen LogP contribution in [0, 0.1) is 0 Å². The molecule has 0 amide bonds. The lowest BCUT2D eigenvalue weighted by Crippen LogP contribution is -2.20. The summed E-state index contributed by atoms with van der Waals surface area (Å²) in [4.78, 5) is 12.0. The molecule has 3 aromatic rings. The third kappa shape index (κ3) is 2.23. The second-order valence-electron chi connectivity index (χ2n) is 5.47. The van der Waals surface area contributed by atoms with E-state index in [9.17, 15) is 4.79 Å². The first-order valence-corrected chi connectivity index (χ1v) is 7.74. The van der Waals surface area contributed by atoms with Crippen LogP contribution in [-0.4, -0.2) is 5.97 Å². The van der Waals surface area contributed by atoms with Gasteiger partial charge in [0.15, 0.2) is 0 Å². The zero-order valence-corrected chi connectivity index (χ0v) is 13.0. The molecule has 0 saturated carbocycles. The number of cyclic esters (lactones) is 1. The Kier molecular flexibility index (Phi) is 3.21. The number of hydrogen-bond acceptors (Lipinski definition) is 2. The molecule has 1 aliphatic rings. The Hall–Kier alpha value is -2.58. The minimum Gasteiger partial charge on any atom is -0.431 e. The lowest BCUT2D eigenvalue weighted by molar-refractivity contribution is 0.0366. The lowest BCUT2D eigenvalue weighted by atomic mass is 9.96. The molecule has 0 saturated heterocycles. The Balaban J connectivity index is 1.76. The molecule has 1 atom stereocenters. The van der Waals surface area contributed by atoms with Crippen LogP contribution < -0.4 is 0 Å². The second-order valence-corrected chi connectivity index (χ2v) is 6.01. The van der Waals surface area contributed by atoms with E-state index in [0.29, 0.717) is 11.1 Å². The van der Waals surface area contributed by atoms with Gasteiger partial charge in [0.2, 0.25) is 5.06 Å². The highest BCUT2D eigenvalue weighted by molar-refractivity contribution is 6.27. The smallest absolute Gasteiger partial charge is 0.340 e. The number of rotatable bonds is 2. The molecule has 3 heteroatoms. The molecule has 2 nitrogen and oxygen atoms in total. The van der Waals surface area contributed by atoms with Gasteiger partial charge in [-0.3, -0.25) is 0 Å². The molecule has 0 aliphatic carbocycles. The fraction of sp³-hybridized carbons (Fsp3) is 0.0500. The van der Waals surface area contributed by atoms with Crippen LogP contribution in [-0.2, 0) is 9.80 Å². The van der Waals surface area contributed by atoms with Crippen LogP contribution in [0.2, 0.25) is 0 Å². The van der Waals surface area contributed by atoms with Crippen LogP contribution in [0.3, 0.4) is 0 Å². The van der Waals surface area contributed by atoms with Gasteiger partial charge in [-0.1, -0.05) is 84.4 Å². The van der Waals surface area contributed by atoms with Crippen molar-refractivity contribution in [2.24, 2.45) is 0 Å². The third-order valence-corrected chi connectivity index (χ3v) is 4.59. The first-order valence-electron chi connectivity index (χ1n) is 7.36. The monoisotopic (exact) mass is 320 g/mol. The van der Waals surface area contributed by atoms with Crippen molar-refractivity contribution in [1.82, 2.24) is 0 Å². The van der Waals surface area contributed by atoms with Gasteiger partial charge in [-0.2, -0.15) is 0 Å². The van der Waals surface area contributed by atoms with Gasteiger partial charge >= 0.3 is 5.97 Å². The molecule has 0 aromatic heterocycles. The average Bonchev–Trinajstić information content (AvgIpc) is 2.88. The summed E-state index contributed by atoms with van der Waals surface area (Å²) >= 11 is 6.68. The molecule has 0 fully saturated rings. The van der Waals surface area contributed by atoms with Crippen molar-refractivity contribution in [3.8, 4) is 11.1 Å². The maximum Gasteiger partial charge on any atom is 0.340 e. The van der Waals surface area contributed by atoms with Crippen LogP contribution in [0.15, 0.2) is 78.9 Å². The molecule has 1 heterocycles. The van der Waals surface area contributed by atoms with Crippen molar-refractivity contribution in [2.45, 2.75) is 5.06 Å². The summed E-state index contributed by atoms with van der Waals surface area (Å²) < 4.78 is 5.48. The molecule has 0 N–H and O–H groups in total. The van der Waals surface area contributed by atoms with Gasteiger partial charge < -0.3 is 4.74 Å². The van der Waals surface area contributed by atoms with Crippen molar-refractivity contribution < 1.29 is 9.53 Å². The summed E-state index contributed by atoms with van der Waals surface area (Å²) in [5, 5.41) is -1.25. The maximum absolute atomic E-state index is 12.0. The fourth-order valence-electron chi connectivity index (χ4n) is 2.90. The minimum absolute atomic E-state index is 0.386. The summed E-state index contributed by atoms with van der Waals surface area (Å²) in [6, 6.07) is 25.1. The van der Waals surface area contributed by atoms with E-state index < -0.39 is 5.06 Å². The van der Waals surface area contributed by atoms with E-state index >= 15 is 0 Å². The van der Waals surface area contributed by atoms with Crippen LogP contribution in [0.4, 0.5) is 0 Å². The number of alkyl halides is 1. The molecule has 0 bridgehead atoms. The Bertz CT molecular complexity index is 872. The zero-order valence-electron chi connectivity index (χ0n) is 12.2. The highest BCUT2D eigenvalue weighted by atomic mass is 35.5. The number of carbonyl (C=O) groups excluding carboxylic acids is 1. The molecule has 1 aliphatic heterocycles. The van der Waals surface area contributed by atoms with Crippen LogP contribution in [0.5, 0.6) is 0 Å². The Morgan fingerprint density at radius 1 is 0.739 bits per heavy atom. The molecule has 0 spiro atoms. The van der Waals surface area contributed by atoms with Gasteiger partial charge in [-0.25, -0.2) is 4.79 Å². The average molecular weight is 321 g/mol. The van der Waals surface area contributed by atoms with Gasteiger partial charge in [0.05, 0.1) is 5.56 Å². The molecule has 1 unspecified atom stereocenters. The Labute approximate surface area is 139 Å². The van der Waals surface area contributed by atoms with E-state index in [2.05, 4.69) is 12.1 Å². The number of carbonyl (C=O) groups is 1. The second kappa shape index (κ2) is 5.25. The van der Waals surface area contributed by atoms with E-state index in [1.807, 2.05) is 54.6 Å². The van der Waals surface area contributed by atoms with Crippen molar-refractivity contribution in [2.75, 3.05) is 0 Å². The van der Waals surface area contributed by atoms with Crippen molar-refractivity contribution in [3.05, 3.63) is 95.6 Å². The SMILES string of the molecule is O=C1OC(Cl)(c2ccc(-c3ccccc3)cc2)c2ccccc21. The Morgan fingerprint density at radius 2 is 1.35 bits per heavy atom. The summed E-state index contributed by atoms with van der Waals surface area (Å²) in [5.74, 6) is -0.386. The van der Waals surface area contributed by atoms with Gasteiger partial charge in [0.25, 0.3) is 0 Å². The number of ether oxygens (including phenoxy) is 1. The molecule has 23 heavy (non-hydrogen) atoms. The molecular formula is C20H13ClO2. The number of benzene rings is 3. The van der Waals surface area contributed by atoms with Crippen LogP contribution in [0.25, 0.3) is 11.1 Å². The third-order valence-electron chi connectivity index (χ3n) is 4.09. The normalized spacial score (nSPS) is 19.3. The number of hydrogen-bond donors (Lipinski definition) is 0. The van der Waals surface area contributed by atoms with E-state index in [4.69, 9.17) is 16.3 Å². The number of fused-ring (bicyclic) bond motifs is 1. The molecule has 3 aromatic carbocycles. The molecule has 4 rings (SSSR count). The summed E-state index contributed by atoms with van der Waals surface area (Å²) in [6.07, 6.45) is 0. The van der Waals surface area contributed by atoms with E-state index in [-0.39, 0.29) is 5.97 Å². The Morgan fingerprint density at radius 3 is 2.09 bits per heavy atom. The number of halogens is 1. The predicted molar refractivity (Wildman–Crippen MR) is 90.4 cm³/mol. The lowest BCUT2D eigenvalue weighted by Gasteiger charge is -2.22. The van der Waals surface area contributed by atoms with Gasteiger partial charge in [0, 0.05) is 11.1 Å². The van der Waals surface area contributed by atoms with Gasteiger partial charge in [-0.15, -0.1) is 0 Å². The standard InChI is InChI=1S/C20H13ClO2/c21-20(18-9-5-4-8-17(18)19(22)23-20)16-12-10-15(11-13-16)14-6-2-1-3-7-14/h1-13H. The van der Waals surface area contributed by atoms with Crippen molar-refractivity contribution in [3.63, 3.8) is 0 Å². The number of esters is 1. The zero-order chi connectivity index (χ0) is 15.9. The highest BCUT2D eigenvalue weighted by Crippen LogP contribution is 2.45. The van der Waals surface area contributed by atoms with Gasteiger partial charge in [0.1, 0.15) is 0 Å². The van der Waals surface area contributed by atoms with E-state index in [1.165, 1.54) is 0 Å². The van der Waals surface area contributed by atoms with Crippen LogP contribution >= 0.6 is 11.6 Å².